The number of hydrogen-bond acceptors (Lipinski definition) is 3. The van der Waals surface area contributed by atoms with Crippen molar-refractivity contribution < 1.29 is 0 Å². The average molecular weight is 277 g/mol. The fourth-order valence-electron chi connectivity index (χ4n) is 2.24. The van der Waals surface area contributed by atoms with Crippen LogP contribution >= 0.6 is 11.8 Å². The first-order valence-electron chi connectivity index (χ1n) is 6.93. The third-order valence-electron chi connectivity index (χ3n) is 3.41. The van der Waals surface area contributed by atoms with Crippen molar-refractivity contribution in [1.82, 2.24) is 15.1 Å². The van der Waals surface area contributed by atoms with Crippen LogP contribution in [0.5, 0.6) is 0 Å². The topological polar surface area (TPSA) is 29.9 Å². The number of benzene rings is 1. The Morgan fingerprint density at radius 2 is 2.16 bits per heavy atom. The summed E-state index contributed by atoms with van der Waals surface area (Å²) >= 11 is 1.90. The molecule has 0 spiro atoms. The van der Waals surface area contributed by atoms with Crippen molar-refractivity contribution in [3.05, 3.63) is 30.0 Å². The van der Waals surface area contributed by atoms with Gasteiger partial charge in [-0.2, -0.15) is 16.9 Å². The minimum atomic E-state index is 0.540. The molecule has 3 nitrogen and oxygen atoms in total. The van der Waals surface area contributed by atoms with Gasteiger partial charge in [-0.3, -0.25) is 4.68 Å². The van der Waals surface area contributed by atoms with E-state index < -0.39 is 0 Å². The molecule has 1 unspecified atom stereocenters. The molecule has 1 N–H and O–H groups in total. The fourth-order valence-corrected chi connectivity index (χ4v) is 2.82. The van der Waals surface area contributed by atoms with Gasteiger partial charge in [-0.15, -0.1) is 0 Å². The second-order valence-corrected chi connectivity index (χ2v) is 5.83. The SMILES string of the molecule is CCn1nc(CNC(C)CCSC)c2ccccc21. The van der Waals surface area contributed by atoms with Crippen LogP contribution in [0.4, 0.5) is 0 Å². The van der Waals surface area contributed by atoms with Crippen molar-refractivity contribution in [3.63, 3.8) is 0 Å². The molecule has 0 radical (unpaired) electrons. The van der Waals surface area contributed by atoms with Gasteiger partial charge >= 0.3 is 0 Å². The highest BCUT2D eigenvalue weighted by Gasteiger charge is 2.09. The summed E-state index contributed by atoms with van der Waals surface area (Å²) in [6.07, 6.45) is 3.36. The number of aromatic nitrogens is 2. The molecule has 104 valence electrons. The van der Waals surface area contributed by atoms with Crippen molar-refractivity contribution >= 4 is 22.7 Å². The summed E-state index contributed by atoms with van der Waals surface area (Å²) in [4.78, 5) is 0. The highest BCUT2D eigenvalue weighted by Crippen LogP contribution is 2.18. The van der Waals surface area contributed by atoms with Crippen LogP contribution in [-0.2, 0) is 13.1 Å². The molecule has 2 aromatic rings. The minimum absolute atomic E-state index is 0.540. The van der Waals surface area contributed by atoms with Gasteiger partial charge in [0.15, 0.2) is 0 Å². The number of nitrogens with zero attached hydrogens (tertiary/aromatic N) is 2. The molecule has 0 saturated heterocycles. The van der Waals surface area contributed by atoms with Crippen LogP contribution in [0.1, 0.15) is 26.0 Å². The first-order valence-corrected chi connectivity index (χ1v) is 8.32. The molecular weight excluding hydrogens is 254 g/mol. The lowest BCUT2D eigenvalue weighted by molar-refractivity contribution is 0.527. The second kappa shape index (κ2) is 6.96. The van der Waals surface area contributed by atoms with Crippen LogP contribution in [0.25, 0.3) is 10.9 Å². The maximum absolute atomic E-state index is 4.71. The molecule has 0 aliphatic carbocycles. The molecule has 1 aromatic heterocycles. The number of hydrogen-bond donors (Lipinski definition) is 1. The van der Waals surface area contributed by atoms with Crippen molar-refractivity contribution in [2.75, 3.05) is 12.0 Å². The normalized spacial score (nSPS) is 13.0. The van der Waals surface area contributed by atoms with Crippen LogP contribution < -0.4 is 5.32 Å². The number of para-hydroxylation sites is 1. The standard InChI is InChI=1S/C15H23N3S/c1-4-18-15-8-6-5-7-13(15)14(17-18)11-16-12(2)9-10-19-3/h5-8,12,16H,4,9-11H2,1-3H3. The molecule has 0 saturated carbocycles. The summed E-state index contributed by atoms with van der Waals surface area (Å²) in [7, 11) is 0. The van der Waals surface area contributed by atoms with Gasteiger partial charge in [0.05, 0.1) is 11.2 Å². The summed E-state index contributed by atoms with van der Waals surface area (Å²) in [6, 6.07) is 9.02. The summed E-state index contributed by atoms with van der Waals surface area (Å²) in [6.45, 7) is 6.15. The van der Waals surface area contributed by atoms with E-state index in [0.717, 1.165) is 18.8 Å². The van der Waals surface area contributed by atoms with Gasteiger partial charge in [-0.1, -0.05) is 18.2 Å². The van der Waals surface area contributed by atoms with E-state index in [-0.39, 0.29) is 0 Å². The van der Waals surface area contributed by atoms with E-state index in [4.69, 9.17) is 5.10 Å². The lowest BCUT2D eigenvalue weighted by atomic mass is 10.2. The Hall–Kier alpha value is -1.00. The molecule has 1 atom stereocenters. The summed E-state index contributed by atoms with van der Waals surface area (Å²) in [5.74, 6) is 1.21. The van der Waals surface area contributed by atoms with Gasteiger partial charge in [0, 0.05) is 24.5 Å². The maximum Gasteiger partial charge on any atom is 0.0841 e. The molecule has 19 heavy (non-hydrogen) atoms. The average Bonchev–Trinajstić information content (AvgIpc) is 2.81. The third-order valence-corrected chi connectivity index (χ3v) is 4.05. The van der Waals surface area contributed by atoms with Crippen molar-refractivity contribution in [3.8, 4) is 0 Å². The zero-order valence-corrected chi connectivity index (χ0v) is 12.8. The number of fused-ring (bicyclic) bond motifs is 1. The van der Waals surface area contributed by atoms with Crippen molar-refractivity contribution in [1.29, 1.82) is 0 Å². The highest BCUT2D eigenvalue weighted by atomic mass is 32.2. The zero-order chi connectivity index (χ0) is 13.7. The van der Waals surface area contributed by atoms with Gasteiger partial charge in [0.2, 0.25) is 0 Å². The van der Waals surface area contributed by atoms with Crippen LogP contribution in [0.2, 0.25) is 0 Å². The number of nitrogens with one attached hydrogen (secondary N) is 1. The Balaban J connectivity index is 2.08. The molecule has 0 bridgehead atoms. The van der Waals surface area contributed by atoms with Gasteiger partial charge in [0.1, 0.15) is 0 Å². The lowest BCUT2D eigenvalue weighted by Gasteiger charge is -2.11. The number of thioether (sulfide) groups is 1. The molecule has 1 aromatic carbocycles. The molecule has 0 aliphatic heterocycles. The van der Waals surface area contributed by atoms with E-state index in [9.17, 15) is 0 Å². The monoisotopic (exact) mass is 277 g/mol. The number of rotatable bonds is 7. The predicted octanol–water partition coefficient (Wildman–Crippen LogP) is 3.29. The van der Waals surface area contributed by atoms with E-state index in [1.165, 1.54) is 23.1 Å². The zero-order valence-electron chi connectivity index (χ0n) is 12.0. The molecule has 0 fully saturated rings. The Morgan fingerprint density at radius 3 is 2.89 bits per heavy atom. The van der Waals surface area contributed by atoms with Gasteiger partial charge in [-0.05, 0) is 38.3 Å². The van der Waals surface area contributed by atoms with E-state index >= 15 is 0 Å². The van der Waals surface area contributed by atoms with E-state index in [1.807, 2.05) is 11.8 Å². The summed E-state index contributed by atoms with van der Waals surface area (Å²) in [5, 5.41) is 9.56. The van der Waals surface area contributed by atoms with Crippen LogP contribution in [0.3, 0.4) is 0 Å². The molecular formula is C15H23N3S. The quantitative estimate of drug-likeness (QED) is 0.842. The van der Waals surface area contributed by atoms with Crippen LogP contribution in [0.15, 0.2) is 24.3 Å². The fraction of sp³-hybridized carbons (Fsp3) is 0.533. The largest absolute Gasteiger partial charge is 0.309 e. The highest BCUT2D eigenvalue weighted by molar-refractivity contribution is 7.98. The van der Waals surface area contributed by atoms with Gasteiger partial charge < -0.3 is 5.32 Å². The molecule has 0 aliphatic rings. The van der Waals surface area contributed by atoms with Crippen LogP contribution in [-0.4, -0.2) is 27.8 Å². The van der Waals surface area contributed by atoms with Gasteiger partial charge in [0.25, 0.3) is 0 Å². The summed E-state index contributed by atoms with van der Waals surface area (Å²) in [5.41, 5.74) is 2.40. The number of aryl methyl sites for hydroxylation is 1. The summed E-state index contributed by atoms with van der Waals surface area (Å²) < 4.78 is 2.08. The molecule has 0 amide bonds. The first kappa shape index (κ1) is 14.4. The maximum atomic E-state index is 4.71. The Kier molecular flexibility index (Phi) is 5.28. The van der Waals surface area contributed by atoms with Crippen molar-refractivity contribution in [2.24, 2.45) is 0 Å². The Morgan fingerprint density at radius 1 is 1.37 bits per heavy atom. The second-order valence-electron chi connectivity index (χ2n) is 4.84. The molecule has 1 heterocycles. The smallest absolute Gasteiger partial charge is 0.0841 e. The van der Waals surface area contributed by atoms with E-state index in [0.29, 0.717) is 6.04 Å². The predicted molar refractivity (Wildman–Crippen MR) is 84.7 cm³/mol. The minimum Gasteiger partial charge on any atom is -0.309 e. The van der Waals surface area contributed by atoms with Crippen LogP contribution in [0, 0.1) is 0 Å². The van der Waals surface area contributed by atoms with Crippen molar-refractivity contribution in [2.45, 2.75) is 39.4 Å². The van der Waals surface area contributed by atoms with E-state index in [2.05, 4.69) is 54.4 Å². The first-order chi connectivity index (χ1) is 9.26. The third kappa shape index (κ3) is 3.51. The Labute approximate surface area is 119 Å². The lowest BCUT2D eigenvalue weighted by Crippen LogP contribution is -2.26. The molecule has 4 heteroatoms. The van der Waals surface area contributed by atoms with E-state index in [1.54, 1.807) is 0 Å². The Bertz CT molecular complexity index is 521. The van der Waals surface area contributed by atoms with Gasteiger partial charge in [-0.25, -0.2) is 0 Å². The molecule has 2 rings (SSSR count).